The predicted molar refractivity (Wildman–Crippen MR) is 250 cm³/mol. The van der Waals surface area contributed by atoms with E-state index in [-0.39, 0.29) is 11.0 Å². The van der Waals surface area contributed by atoms with Crippen LogP contribution in [-0.2, 0) is 9.59 Å². The lowest BCUT2D eigenvalue weighted by Crippen LogP contribution is -2.32. The number of para-hydroxylation sites is 2. The molecule has 5 N–H and O–H groups in total. The summed E-state index contributed by atoms with van der Waals surface area (Å²) in [5.74, 6) is 1.51. The molecule has 4 heterocycles. The third-order valence-electron chi connectivity index (χ3n) is 8.78. The number of methoxy groups -OCH3 is 2. The van der Waals surface area contributed by atoms with E-state index in [1.54, 1.807) is 104 Å². The van der Waals surface area contributed by atoms with E-state index in [0.29, 0.717) is 67.8 Å². The number of hydrogen-bond acceptors (Lipinski definition) is 13. The van der Waals surface area contributed by atoms with Crippen LogP contribution in [0.3, 0.4) is 0 Å². The SMILES string of the molecule is COc1cc(N)ccc1-c1cc2ccccc2oc1=O.COc1cc(NC(=S)NC(=O)/C=C/c2ccco2)ccc1-c1cc2ccccc2oc1=O.O=C(/C=C/c1ccco1)NS. The van der Waals surface area contributed by atoms with Crippen molar-refractivity contribution in [3.05, 3.63) is 178 Å². The molecule has 0 spiro atoms. The Bertz CT molecular complexity index is 3050. The summed E-state index contributed by atoms with van der Waals surface area (Å²) >= 11 is 8.77. The van der Waals surface area contributed by atoms with Crippen LogP contribution in [0.15, 0.2) is 173 Å². The molecule has 0 aliphatic rings. The topological polar surface area (TPSA) is 201 Å². The molecule has 0 bridgehead atoms. The van der Waals surface area contributed by atoms with Crippen LogP contribution in [0.5, 0.6) is 11.5 Å². The molecule has 2 amide bonds. The Morgan fingerprint density at radius 3 is 1.65 bits per heavy atom. The van der Waals surface area contributed by atoms with Crippen LogP contribution in [0.4, 0.5) is 11.4 Å². The Hall–Kier alpha value is -8.08. The van der Waals surface area contributed by atoms with Crippen LogP contribution in [0.25, 0.3) is 56.3 Å². The normalized spacial score (nSPS) is 10.7. The summed E-state index contributed by atoms with van der Waals surface area (Å²) in [5.41, 5.74) is 9.19. The zero-order valence-corrected chi connectivity index (χ0v) is 35.2. The van der Waals surface area contributed by atoms with Crippen molar-refractivity contribution in [3.8, 4) is 33.8 Å². The number of furan rings is 2. The molecule has 0 radical (unpaired) electrons. The van der Waals surface area contributed by atoms with Crippen LogP contribution in [0, 0.1) is 0 Å². The summed E-state index contributed by atoms with van der Waals surface area (Å²) in [6, 6.07) is 35.5. The molecule has 318 valence electrons. The lowest BCUT2D eigenvalue weighted by Gasteiger charge is -2.13. The molecule has 0 fully saturated rings. The second-order valence-electron chi connectivity index (χ2n) is 13.0. The van der Waals surface area contributed by atoms with Crippen molar-refractivity contribution in [3.63, 3.8) is 0 Å². The minimum atomic E-state index is -0.464. The number of nitrogen functional groups attached to an aromatic ring is 1. The van der Waals surface area contributed by atoms with E-state index >= 15 is 0 Å². The maximum absolute atomic E-state index is 12.5. The number of carbonyl (C=O) groups is 2. The number of nitrogens with one attached hydrogen (secondary N) is 3. The highest BCUT2D eigenvalue weighted by Gasteiger charge is 2.15. The van der Waals surface area contributed by atoms with Gasteiger partial charge in [0.25, 0.3) is 5.91 Å². The number of hydrogen-bond donors (Lipinski definition) is 5. The smallest absolute Gasteiger partial charge is 0.344 e. The minimum Gasteiger partial charge on any atom is -0.496 e. The maximum Gasteiger partial charge on any atom is 0.344 e. The van der Waals surface area contributed by atoms with Gasteiger partial charge in [-0.2, -0.15) is 0 Å². The Balaban J connectivity index is 0.000000180. The molecular formula is C47H38N4O10S2. The molecule has 0 aliphatic heterocycles. The first kappa shape index (κ1) is 44.5. The van der Waals surface area contributed by atoms with Crippen LogP contribution in [0.2, 0.25) is 0 Å². The fourth-order valence-corrected chi connectivity index (χ4v) is 6.16. The van der Waals surface area contributed by atoms with E-state index in [1.807, 2.05) is 30.3 Å². The molecule has 0 aliphatic carbocycles. The van der Waals surface area contributed by atoms with E-state index in [9.17, 15) is 19.2 Å². The summed E-state index contributed by atoms with van der Waals surface area (Å²) < 4.78 is 33.7. The zero-order chi connectivity index (χ0) is 44.7. The largest absolute Gasteiger partial charge is 0.496 e. The molecule has 0 saturated carbocycles. The highest BCUT2D eigenvalue weighted by Crippen LogP contribution is 2.33. The van der Waals surface area contributed by atoms with Gasteiger partial charge in [0, 0.05) is 57.6 Å². The number of benzene rings is 4. The number of nitrogens with two attached hydrogens (primary N) is 1. The first-order valence-electron chi connectivity index (χ1n) is 18.7. The second-order valence-corrected chi connectivity index (χ2v) is 13.6. The highest BCUT2D eigenvalue weighted by molar-refractivity contribution is 7.80. The lowest BCUT2D eigenvalue weighted by atomic mass is 10.0. The fraction of sp³-hybridized carbons (Fsp3) is 0.0426. The van der Waals surface area contributed by atoms with Crippen molar-refractivity contribution in [1.29, 1.82) is 0 Å². The van der Waals surface area contributed by atoms with Gasteiger partial charge in [0.15, 0.2) is 5.11 Å². The Kier molecular flexibility index (Phi) is 15.1. The summed E-state index contributed by atoms with van der Waals surface area (Å²) in [6.07, 6.45) is 8.80. The van der Waals surface area contributed by atoms with E-state index in [1.165, 1.54) is 37.9 Å². The first-order valence-corrected chi connectivity index (χ1v) is 19.6. The van der Waals surface area contributed by atoms with Gasteiger partial charge in [0.2, 0.25) is 5.91 Å². The van der Waals surface area contributed by atoms with Crippen molar-refractivity contribution in [2.75, 3.05) is 25.3 Å². The molecule has 0 atom stereocenters. The molecule has 14 nitrogen and oxygen atoms in total. The van der Waals surface area contributed by atoms with Gasteiger partial charge in [0.1, 0.15) is 34.2 Å². The summed E-state index contributed by atoms with van der Waals surface area (Å²) in [4.78, 5) is 47.2. The Labute approximate surface area is 370 Å². The van der Waals surface area contributed by atoms with Gasteiger partial charge in [0.05, 0.1) is 37.9 Å². The summed E-state index contributed by atoms with van der Waals surface area (Å²) in [7, 11) is 3.05. The van der Waals surface area contributed by atoms with Crippen molar-refractivity contribution in [2.45, 2.75) is 0 Å². The monoisotopic (exact) mass is 882 g/mol. The second kappa shape index (κ2) is 21.4. The van der Waals surface area contributed by atoms with Gasteiger partial charge in [-0.05, 0) is 97.2 Å². The van der Waals surface area contributed by atoms with Crippen LogP contribution < -0.4 is 41.8 Å². The third kappa shape index (κ3) is 12.0. The van der Waals surface area contributed by atoms with Gasteiger partial charge in [-0.15, -0.1) is 0 Å². The number of rotatable bonds is 9. The maximum atomic E-state index is 12.5. The molecule has 4 aromatic carbocycles. The van der Waals surface area contributed by atoms with Gasteiger partial charge >= 0.3 is 11.3 Å². The van der Waals surface area contributed by atoms with E-state index < -0.39 is 17.2 Å². The molecule has 4 aromatic heterocycles. The van der Waals surface area contributed by atoms with Crippen molar-refractivity contribution in [1.82, 2.24) is 10.0 Å². The van der Waals surface area contributed by atoms with Crippen LogP contribution in [-0.4, -0.2) is 31.1 Å². The quantitative estimate of drug-likeness (QED) is 0.0303. The standard InChI is InChI=1S/C24H18N2O5S.C16H13NO3.C7H7NO2S/c1-29-21-14-16(25-24(32)26-22(27)11-9-17-6-4-12-30-17)8-10-18(21)19-13-15-5-2-3-7-20(15)31-23(19)28;1-19-15-9-11(17)6-7-12(15)13-8-10-4-2-3-5-14(10)20-16(13)18;9-7(8-11)4-3-6-2-1-5-10-6/h2-14H,1H3,(H2,25,26,27,32);2-9H,17H2,1H3;1-5,11H,(H,8,9)/b11-9+;;4-3+. The van der Waals surface area contributed by atoms with Gasteiger partial charge < -0.3 is 38.2 Å². The van der Waals surface area contributed by atoms with Crippen LogP contribution >= 0.6 is 25.0 Å². The average Bonchev–Trinajstić information content (AvgIpc) is 4.03. The van der Waals surface area contributed by atoms with Gasteiger partial charge in [-0.25, -0.2) is 9.59 Å². The molecule has 0 unspecified atom stereocenters. The van der Waals surface area contributed by atoms with Gasteiger partial charge in [-0.1, -0.05) is 49.2 Å². The number of fused-ring (bicyclic) bond motifs is 2. The van der Waals surface area contributed by atoms with Gasteiger partial charge in [-0.3, -0.25) is 19.6 Å². The number of thiocarbonyl (C=S) groups is 1. The number of ether oxygens (including phenoxy) is 2. The molecule has 16 heteroatoms. The van der Waals surface area contributed by atoms with Crippen molar-refractivity contribution >= 4 is 87.4 Å². The molecule has 63 heavy (non-hydrogen) atoms. The number of thiol groups is 1. The van der Waals surface area contributed by atoms with E-state index in [4.69, 9.17) is 45.1 Å². The lowest BCUT2D eigenvalue weighted by molar-refractivity contribution is -0.115. The average molecular weight is 883 g/mol. The number of amides is 2. The molecule has 8 aromatic rings. The predicted octanol–water partition coefficient (Wildman–Crippen LogP) is 8.89. The molecule has 8 rings (SSSR count). The Morgan fingerprint density at radius 2 is 1.14 bits per heavy atom. The zero-order valence-electron chi connectivity index (χ0n) is 33.5. The van der Waals surface area contributed by atoms with Crippen LogP contribution in [0.1, 0.15) is 11.5 Å². The number of anilines is 2. The van der Waals surface area contributed by atoms with Crippen molar-refractivity contribution < 1.29 is 36.7 Å². The molecule has 0 saturated heterocycles. The highest BCUT2D eigenvalue weighted by atomic mass is 32.1. The summed E-state index contributed by atoms with van der Waals surface area (Å²) in [6.45, 7) is 0. The Morgan fingerprint density at radius 1 is 0.635 bits per heavy atom. The van der Waals surface area contributed by atoms with E-state index in [0.717, 1.165) is 10.8 Å². The third-order valence-corrected chi connectivity index (χ3v) is 9.20. The first-order chi connectivity index (χ1) is 30.5. The van der Waals surface area contributed by atoms with Crippen molar-refractivity contribution in [2.24, 2.45) is 0 Å². The molecular weight excluding hydrogens is 845 g/mol. The fourth-order valence-electron chi connectivity index (χ4n) is 5.86. The van der Waals surface area contributed by atoms with E-state index in [2.05, 4.69) is 28.2 Å². The number of carbonyl (C=O) groups excluding carboxylic acids is 2. The summed E-state index contributed by atoms with van der Waals surface area (Å²) in [5, 5.41) is 7.25. The minimum absolute atomic E-state index is 0.110.